The molecular weight excluding hydrogens is 343 g/mol. The van der Waals surface area contributed by atoms with Crippen LogP contribution in [0.15, 0.2) is 30.3 Å². The van der Waals surface area contributed by atoms with E-state index < -0.39 is 12.1 Å². The smallest absolute Gasteiger partial charge is 0.333 e. The summed E-state index contributed by atoms with van der Waals surface area (Å²) < 4.78 is 36.9. The number of nitrogens with one attached hydrogen (secondary N) is 1. The van der Waals surface area contributed by atoms with Crippen LogP contribution in [0, 0.1) is 0 Å². The van der Waals surface area contributed by atoms with Gasteiger partial charge in [-0.3, -0.25) is 14.9 Å². The molecule has 1 aliphatic heterocycles. The summed E-state index contributed by atoms with van der Waals surface area (Å²) in [6, 6.07) is 8.75. The first-order valence-electron chi connectivity index (χ1n) is 7.05. The van der Waals surface area contributed by atoms with Gasteiger partial charge in [0.25, 0.3) is 5.91 Å². The van der Waals surface area contributed by atoms with Crippen molar-refractivity contribution in [2.75, 3.05) is 11.9 Å². The van der Waals surface area contributed by atoms with Crippen molar-refractivity contribution in [2.24, 2.45) is 0 Å². The number of aromatic nitrogens is 1. The molecule has 0 aliphatic carbocycles. The molecule has 1 aromatic heterocycles. The average molecular weight is 355 g/mol. The number of amides is 2. The van der Waals surface area contributed by atoms with Gasteiger partial charge in [0.1, 0.15) is 0 Å². The van der Waals surface area contributed by atoms with E-state index in [9.17, 15) is 22.8 Å². The number of halogens is 3. The Morgan fingerprint density at radius 3 is 2.58 bits per heavy atom. The highest BCUT2D eigenvalue weighted by Gasteiger charge is 2.39. The molecule has 2 heterocycles. The third-order valence-corrected chi connectivity index (χ3v) is 4.51. The number of hydrogen-bond acceptors (Lipinski definition) is 4. The topological polar surface area (TPSA) is 62.3 Å². The van der Waals surface area contributed by atoms with E-state index in [4.69, 9.17) is 0 Å². The molecular formula is C15H12F3N3O2S. The molecule has 0 fully saturated rings. The monoisotopic (exact) mass is 355 g/mol. The van der Waals surface area contributed by atoms with Crippen LogP contribution < -0.4 is 5.32 Å². The van der Waals surface area contributed by atoms with E-state index in [1.165, 1.54) is 0 Å². The molecule has 2 aromatic rings. The van der Waals surface area contributed by atoms with E-state index in [1.54, 1.807) is 34.5 Å². The highest BCUT2D eigenvalue weighted by Crippen LogP contribution is 2.30. The maximum absolute atomic E-state index is 12.4. The van der Waals surface area contributed by atoms with Gasteiger partial charge in [-0.15, -0.1) is 0 Å². The number of fused-ring (bicyclic) bond motifs is 1. The van der Waals surface area contributed by atoms with Crippen molar-refractivity contribution in [3.05, 3.63) is 46.5 Å². The van der Waals surface area contributed by atoms with Crippen molar-refractivity contribution in [3.63, 3.8) is 0 Å². The van der Waals surface area contributed by atoms with E-state index in [0.717, 1.165) is 11.3 Å². The van der Waals surface area contributed by atoms with Crippen LogP contribution in [-0.4, -0.2) is 34.4 Å². The van der Waals surface area contributed by atoms with Crippen molar-refractivity contribution in [1.29, 1.82) is 0 Å². The number of nitrogens with zero attached hydrogens (tertiary/aromatic N) is 2. The Morgan fingerprint density at radius 1 is 1.21 bits per heavy atom. The molecule has 9 heteroatoms. The second-order valence-electron chi connectivity index (χ2n) is 5.18. The summed E-state index contributed by atoms with van der Waals surface area (Å²) in [5.41, 5.74) is 1.17. The lowest BCUT2D eigenvalue weighted by atomic mass is 10.1. The zero-order chi connectivity index (χ0) is 17.3. The average Bonchev–Trinajstić information content (AvgIpc) is 2.95. The van der Waals surface area contributed by atoms with Crippen LogP contribution in [0.4, 0.5) is 18.3 Å². The molecule has 1 aliphatic rings. The number of anilines is 1. The Morgan fingerprint density at radius 2 is 1.92 bits per heavy atom. The molecule has 0 spiro atoms. The lowest BCUT2D eigenvalue weighted by Gasteiger charge is -2.26. The van der Waals surface area contributed by atoms with E-state index in [-0.39, 0.29) is 17.6 Å². The normalized spacial score (nSPS) is 14.2. The standard InChI is InChI=1S/C15H12F3N3O2S/c16-15(17,18)13(23)20-14-19-10-6-7-21(8-11(10)24-14)12(22)9-4-2-1-3-5-9/h1-5H,6-8H2,(H,19,20,23). The van der Waals surface area contributed by atoms with Crippen molar-refractivity contribution in [2.45, 2.75) is 19.1 Å². The SMILES string of the molecule is O=C(c1ccccc1)N1CCc2nc(NC(=O)C(F)(F)F)sc2C1. The van der Waals surface area contributed by atoms with E-state index >= 15 is 0 Å². The largest absolute Gasteiger partial charge is 0.471 e. The van der Waals surface area contributed by atoms with Crippen LogP contribution in [0.1, 0.15) is 20.9 Å². The maximum Gasteiger partial charge on any atom is 0.471 e. The lowest BCUT2D eigenvalue weighted by molar-refractivity contribution is -0.167. The van der Waals surface area contributed by atoms with Crippen molar-refractivity contribution in [3.8, 4) is 0 Å². The number of carbonyl (C=O) groups is 2. The van der Waals surface area contributed by atoms with Crippen LogP contribution in [0.2, 0.25) is 0 Å². The minimum Gasteiger partial charge on any atom is -0.333 e. The number of thiazole rings is 1. The molecule has 0 saturated carbocycles. The summed E-state index contributed by atoms with van der Waals surface area (Å²) in [4.78, 5) is 29.7. The summed E-state index contributed by atoms with van der Waals surface area (Å²) in [6.45, 7) is 0.694. The number of rotatable bonds is 2. The van der Waals surface area contributed by atoms with Gasteiger partial charge in [0.05, 0.1) is 12.2 Å². The molecule has 0 atom stereocenters. The van der Waals surface area contributed by atoms with Gasteiger partial charge in [-0.1, -0.05) is 29.5 Å². The lowest BCUT2D eigenvalue weighted by Crippen LogP contribution is -2.35. The van der Waals surface area contributed by atoms with Crippen LogP contribution in [0.3, 0.4) is 0 Å². The van der Waals surface area contributed by atoms with Gasteiger partial charge in [0.2, 0.25) is 0 Å². The first-order chi connectivity index (χ1) is 11.3. The molecule has 1 aromatic carbocycles. The summed E-state index contributed by atoms with van der Waals surface area (Å²) in [7, 11) is 0. The zero-order valence-electron chi connectivity index (χ0n) is 12.3. The molecule has 0 saturated heterocycles. The first kappa shape index (κ1) is 16.4. The van der Waals surface area contributed by atoms with Gasteiger partial charge in [-0.05, 0) is 12.1 Å². The van der Waals surface area contributed by atoms with Gasteiger partial charge in [0.15, 0.2) is 5.13 Å². The first-order valence-corrected chi connectivity index (χ1v) is 7.87. The number of alkyl halides is 3. The summed E-state index contributed by atoms with van der Waals surface area (Å²) in [5.74, 6) is -2.19. The van der Waals surface area contributed by atoms with Crippen LogP contribution in [-0.2, 0) is 17.8 Å². The summed E-state index contributed by atoms with van der Waals surface area (Å²) in [5, 5.41) is 1.65. The Hall–Kier alpha value is -2.42. The second-order valence-corrected chi connectivity index (χ2v) is 6.27. The minimum absolute atomic E-state index is 0.101. The number of carbonyl (C=O) groups excluding carboxylic acids is 2. The van der Waals surface area contributed by atoms with Crippen LogP contribution >= 0.6 is 11.3 Å². The summed E-state index contributed by atoms with van der Waals surface area (Å²) >= 11 is 0.959. The molecule has 0 bridgehead atoms. The van der Waals surface area contributed by atoms with Crippen LogP contribution in [0.5, 0.6) is 0 Å². The Labute approximate surface area is 139 Å². The van der Waals surface area contributed by atoms with E-state index in [0.29, 0.717) is 29.1 Å². The molecule has 24 heavy (non-hydrogen) atoms. The van der Waals surface area contributed by atoms with E-state index in [1.807, 2.05) is 6.07 Å². The third kappa shape index (κ3) is 3.40. The number of hydrogen-bond donors (Lipinski definition) is 1. The van der Waals surface area contributed by atoms with Crippen LogP contribution in [0.25, 0.3) is 0 Å². The quantitative estimate of drug-likeness (QED) is 0.901. The van der Waals surface area contributed by atoms with Crippen molar-refractivity contribution < 1.29 is 22.8 Å². The molecule has 2 amide bonds. The highest BCUT2D eigenvalue weighted by atomic mass is 32.1. The van der Waals surface area contributed by atoms with Crippen molar-refractivity contribution in [1.82, 2.24) is 9.88 Å². The molecule has 1 N–H and O–H groups in total. The molecule has 126 valence electrons. The van der Waals surface area contributed by atoms with Gasteiger partial charge in [-0.25, -0.2) is 4.98 Å². The molecule has 3 rings (SSSR count). The fraction of sp³-hybridized carbons (Fsp3) is 0.267. The van der Waals surface area contributed by atoms with Crippen molar-refractivity contribution >= 4 is 28.3 Å². The third-order valence-electron chi connectivity index (χ3n) is 3.52. The maximum atomic E-state index is 12.4. The molecule has 0 unspecified atom stereocenters. The Balaban J connectivity index is 1.72. The predicted molar refractivity (Wildman–Crippen MR) is 81.7 cm³/mol. The number of benzene rings is 1. The zero-order valence-corrected chi connectivity index (χ0v) is 13.1. The van der Waals surface area contributed by atoms with Gasteiger partial charge in [-0.2, -0.15) is 13.2 Å². The molecule has 5 nitrogen and oxygen atoms in total. The summed E-state index contributed by atoms with van der Waals surface area (Å²) in [6.07, 6.45) is -4.52. The fourth-order valence-electron chi connectivity index (χ4n) is 2.35. The fourth-order valence-corrected chi connectivity index (χ4v) is 3.37. The Kier molecular flexibility index (Phi) is 4.27. The molecule has 0 radical (unpaired) electrons. The van der Waals surface area contributed by atoms with Gasteiger partial charge < -0.3 is 4.90 Å². The van der Waals surface area contributed by atoms with E-state index in [2.05, 4.69) is 4.98 Å². The van der Waals surface area contributed by atoms with Gasteiger partial charge >= 0.3 is 12.1 Å². The minimum atomic E-state index is -4.96. The Bertz CT molecular complexity index is 774. The van der Waals surface area contributed by atoms with Gasteiger partial charge in [0, 0.05) is 23.4 Å². The predicted octanol–water partition coefficient (Wildman–Crippen LogP) is 2.84. The highest BCUT2D eigenvalue weighted by molar-refractivity contribution is 7.15. The second kappa shape index (κ2) is 6.23.